The SMILES string of the molecule is CC1CN(S(=O)(=O)c2ccc(O)cc2)CC(C)N1C. The Kier molecular flexibility index (Phi) is 3.85. The van der Waals surface area contributed by atoms with Gasteiger partial charge in [0.05, 0.1) is 4.90 Å². The van der Waals surface area contributed by atoms with Crippen molar-refractivity contribution in [3.63, 3.8) is 0 Å². The molecule has 1 heterocycles. The second-order valence-corrected chi connectivity index (χ2v) is 7.12. The number of benzene rings is 1. The van der Waals surface area contributed by atoms with E-state index in [1.165, 1.54) is 28.6 Å². The Hall–Kier alpha value is -1.11. The molecule has 5 nitrogen and oxygen atoms in total. The van der Waals surface area contributed by atoms with E-state index >= 15 is 0 Å². The van der Waals surface area contributed by atoms with Crippen LogP contribution < -0.4 is 0 Å². The fourth-order valence-corrected chi connectivity index (χ4v) is 3.92. The first-order chi connectivity index (χ1) is 8.82. The van der Waals surface area contributed by atoms with Gasteiger partial charge in [0.2, 0.25) is 10.0 Å². The average Bonchev–Trinajstić information content (AvgIpc) is 2.35. The number of aromatic hydroxyl groups is 1. The molecule has 2 rings (SSSR count). The Bertz CT molecular complexity index is 530. The van der Waals surface area contributed by atoms with Crippen molar-refractivity contribution in [1.82, 2.24) is 9.21 Å². The molecule has 1 aromatic rings. The number of piperazine rings is 1. The second kappa shape index (κ2) is 5.11. The van der Waals surface area contributed by atoms with Gasteiger partial charge in [-0.2, -0.15) is 4.31 Å². The van der Waals surface area contributed by atoms with Crippen molar-refractivity contribution in [2.75, 3.05) is 20.1 Å². The molecule has 19 heavy (non-hydrogen) atoms. The lowest BCUT2D eigenvalue weighted by Crippen LogP contribution is -2.56. The number of hydrogen-bond acceptors (Lipinski definition) is 4. The molecule has 2 unspecified atom stereocenters. The maximum Gasteiger partial charge on any atom is 0.243 e. The summed E-state index contributed by atoms with van der Waals surface area (Å²) in [5.74, 6) is 0.0686. The Morgan fingerprint density at radius 1 is 1.11 bits per heavy atom. The van der Waals surface area contributed by atoms with Crippen LogP contribution >= 0.6 is 0 Å². The highest BCUT2D eigenvalue weighted by Gasteiger charge is 2.34. The minimum atomic E-state index is -3.47. The van der Waals surface area contributed by atoms with E-state index in [1.54, 1.807) is 0 Å². The van der Waals surface area contributed by atoms with Crippen LogP contribution in [0, 0.1) is 0 Å². The second-order valence-electron chi connectivity index (χ2n) is 5.18. The summed E-state index contributed by atoms with van der Waals surface area (Å²) in [7, 11) is -1.46. The van der Waals surface area contributed by atoms with Gasteiger partial charge in [-0.3, -0.25) is 4.90 Å². The largest absolute Gasteiger partial charge is 0.508 e. The Morgan fingerprint density at radius 2 is 1.58 bits per heavy atom. The minimum absolute atomic E-state index is 0.0686. The summed E-state index contributed by atoms with van der Waals surface area (Å²) in [4.78, 5) is 2.41. The maximum absolute atomic E-state index is 12.5. The van der Waals surface area contributed by atoms with Gasteiger partial charge in [-0.05, 0) is 45.2 Å². The quantitative estimate of drug-likeness (QED) is 0.883. The molecule has 0 aliphatic carbocycles. The van der Waals surface area contributed by atoms with Gasteiger partial charge in [0.25, 0.3) is 0 Å². The van der Waals surface area contributed by atoms with Gasteiger partial charge in [0.1, 0.15) is 5.75 Å². The number of nitrogens with zero attached hydrogens (tertiary/aromatic N) is 2. The zero-order chi connectivity index (χ0) is 14.2. The minimum Gasteiger partial charge on any atom is -0.508 e. The molecule has 1 N–H and O–H groups in total. The summed E-state index contributed by atoms with van der Waals surface area (Å²) in [5, 5.41) is 9.24. The highest BCUT2D eigenvalue weighted by Crippen LogP contribution is 2.23. The molecule has 0 aromatic heterocycles. The van der Waals surface area contributed by atoms with E-state index in [9.17, 15) is 13.5 Å². The van der Waals surface area contributed by atoms with Crippen molar-refractivity contribution in [1.29, 1.82) is 0 Å². The highest BCUT2D eigenvalue weighted by molar-refractivity contribution is 7.89. The molecule has 1 aliphatic heterocycles. The Balaban J connectivity index is 2.27. The smallest absolute Gasteiger partial charge is 0.243 e. The van der Waals surface area contributed by atoms with Gasteiger partial charge in [-0.25, -0.2) is 8.42 Å². The molecule has 106 valence electrons. The van der Waals surface area contributed by atoms with E-state index in [1.807, 2.05) is 20.9 Å². The highest BCUT2D eigenvalue weighted by atomic mass is 32.2. The molecule has 0 amide bonds. The van der Waals surface area contributed by atoms with Crippen LogP contribution in [0.4, 0.5) is 0 Å². The maximum atomic E-state index is 12.5. The van der Waals surface area contributed by atoms with E-state index in [2.05, 4.69) is 4.90 Å². The van der Waals surface area contributed by atoms with E-state index in [0.717, 1.165) is 0 Å². The third-order valence-electron chi connectivity index (χ3n) is 3.80. The molecule has 1 aromatic carbocycles. The average molecular weight is 284 g/mol. The number of hydrogen-bond donors (Lipinski definition) is 1. The van der Waals surface area contributed by atoms with Gasteiger partial charge >= 0.3 is 0 Å². The summed E-state index contributed by atoms with van der Waals surface area (Å²) in [6.45, 7) is 5.03. The molecular weight excluding hydrogens is 264 g/mol. The Morgan fingerprint density at radius 3 is 2.05 bits per heavy atom. The van der Waals surface area contributed by atoms with Crippen LogP contribution in [0.25, 0.3) is 0 Å². The monoisotopic (exact) mass is 284 g/mol. The number of sulfonamides is 1. The third-order valence-corrected chi connectivity index (χ3v) is 5.65. The Labute approximate surface area is 114 Å². The number of rotatable bonds is 2. The standard InChI is InChI=1S/C13H20N2O3S/c1-10-8-15(9-11(2)14(10)3)19(17,18)13-6-4-12(16)5-7-13/h4-7,10-11,16H,8-9H2,1-3H3. The van der Waals surface area contributed by atoms with Crippen LogP contribution in [0.15, 0.2) is 29.2 Å². The topological polar surface area (TPSA) is 60.9 Å². The van der Waals surface area contributed by atoms with E-state index in [0.29, 0.717) is 13.1 Å². The predicted molar refractivity (Wildman–Crippen MR) is 73.6 cm³/mol. The van der Waals surface area contributed by atoms with Gasteiger partial charge in [-0.15, -0.1) is 0 Å². The summed E-state index contributed by atoms with van der Waals surface area (Å²) in [6.07, 6.45) is 0. The first kappa shape index (κ1) is 14.3. The van der Waals surface area contributed by atoms with Gasteiger partial charge < -0.3 is 5.11 Å². The summed E-state index contributed by atoms with van der Waals surface area (Å²) < 4.78 is 26.6. The van der Waals surface area contributed by atoms with Crippen molar-refractivity contribution in [2.24, 2.45) is 0 Å². The van der Waals surface area contributed by atoms with Crippen molar-refractivity contribution in [3.05, 3.63) is 24.3 Å². The zero-order valence-electron chi connectivity index (χ0n) is 11.4. The summed E-state index contributed by atoms with van der Waals surface area (Å²) in [6, 6.07) is 6.06. The summed E-state index contributed by atoms with van der Waals surface area (Å²) >= 11 is 0. The normalized spacial score (nSPS) is 26.5. The van der Waals surface area contributed by atoms with Gasteiger partial charge in [0.15, 0.2) is 0 Å². The van der Waals surface area contributed by atoms with E-state index < -0.39 is 10.0 Å². The predicted octanol–water partition coefficient (Wildman–Crippen LogP) is 1.11. The van der Waals surface area contributed by atoms with Gasteiger partial charge in [-0.1, -0.05) is 0 Å². The molecule has 0 radical (unpaired) electrons. The van der Waals surface area contributed by atoms with Crippen LogP contribution in [-0.2, 0) is 10.0 Å². The van der Waals surface area contributed by atoms with Crippen LogP contribution in [0.1, 0.15) is 13.8 Å². The van der Waals surface area contributed by atoms with Crippen LogP contribution in [-0.4, -0.2) is 55.0 Å². The fraction of sp³-hybridized carbons (Fsp3) is 0.538. The first-order valence-corrected chi connectivity index (χ1v) is 7.77. The van der Waals surface area contributed by atoms with Crippen molar-refractivity contribution >= 4 is 10.0 Å². The van der Waals surface area contributed by atoms with Crippen molar-refractivity contribution in [2.45, 2.75) is 30.8 Å². The number of likely N-dealkylation sites (N-methyl/N-ethyl adjacent to an activating group) is 1. The lowest BCUT2D eigenvalue weighted by atomic mass is 10.1. The molecule has 1 fully saturated rings. The fourth-order valence-electron chi connectivity index (χ4n) is 2.32. The van der Waals surface area contributed by atoms with Crippen molar-refractivity contribution in [3.8, 4) is 5.75 Å². The van der Waals surface area contributed by atoms with Crippen LogP contribution in [0.3, 0.4) is 0 Å². The van der Waals surface area contributed by atoms with Crippen LogP contribution in [0.2, 0.25) is 0 Å². The van der Waals surface area contributed by atoms with Crippen molar-refractivity contribution < 1.29 is 13.5 Å². The molecule has 1 saturated heterocycles. The van der Waals surface area contributed by atoms with Crippen LogP contribution in [0.5, 0.6) is 5.75 Å². The first-order valence-electron chi connectivity index (χ1n) is 6.33. The van der Waals surface area contributed by atoms with E-state index in [-0.39, 0.29) is 22.7 Å². The molecule has 0 bridgehead atoms. The molecule has 0 spiro atoms. The molecule has 0 saturated carbocycles. The molecular formula is C13H20N2O3S. The number of phenolic OH excluding ortho intramolecular Hbond substituents is 1. The van der Waals surface area contributed by atoms with Gasteiger partial charge in [0, 0.05) is 25.2 Å². The number of phenols is 1. The zero-order valence-corrected chi connectivity index (χ0v) is 12.3. The van der Waals surface area contributed by atoms with E-state index in [4.69, 9.17) is 0 Å². The molecule has 2 atom stereocenters. The molecule has 1 aliphatic rings. The lowest BCUT2D eigenvalue weighted by Gasteiger charge is -2.41. The lowest BCUT2D eigenvalue weighted by molar-refractivity contribution is 0.105. The summed E-state index contributed by atoms with van der Waals surface area (Å²) in [5.41, 5.74) is 0. The molecule has 6 heteroatoms. The third kappa shape index (κ3) is 2.75.